The normalized spacial score (nSPS) is 15.5. The summed E-state index contributed by atoms with van der Waals surface area (Å²) in [6, 6.07) is 5.30. The van der Waals surface area contributed by atoms with Crippen LogP contribution in [0.5, 0.6) is 5.75 Å². The highest BCUT2D eigenvalue weighted by molar-refractivity contribution is 7.80. The highest BCUT2D eigenvalue weighted by Gasteiger charge is 2.19. The fraction of sp³-hybridized carbons (Fsp3) is 0.500. The largest absolute Gasteiger partial charge is 0.483 e. The molecular weight excluding hydrogens is 320 g/mol. The van der Waals surface area contributed by atoms with Gasteiger partial charge < -0.3 is 15.0 Å². The van der Waals surface area contributed by atoms with Gasteiger partial charge in [-0.15, -0.1) is 0 Å². The third-order valence-electron chi connectivity index (χ3n) is 3.81. The van der Waals surface area contributed by atoms with Crippen molar-refractivity contribution >= 4 is 34.8 Å². The molecule has 0 radical (unpaired) electrons. The van der Waals surface area contributed by atoms with Gasteiger partial charge in [0.15, 0.2) is 11.7 Å². The minimum atomic E-state index is -0.238. The predicted octanol–water partition coefficient (Wildman–Crippen LogP) is 3.16. The molecule has 0 spiro atoms. The fourth-order valence-corrected chi connectivity index (χ4v) is 2.89. The van der Waals surface area contributed by atoms with E-state index >= 15 is 0 Å². The van der Waals surface area contributed by atoms with E-state index in [2.05, 4.69) is 12.2 Å². The summed E-state index contributed by atoms with van der Waals surface area (Å²) in [4.78, 5) is 14.0. The molecular formula is C16H21ClN2O2S. The Balaban J connectivity index is 1.79. The van der Waals surface area contributed by atoms with E-state index in [1.807, 2.05) is 11.8 Å². The number of ether oxygens (including phenoxy) is 1. The number of halogens is 1. The smallest absolute Gasteiger partial charge is 0.264 e. The molecule has 0 bridgehead atoms. The molecule has 1 aliphatic rings. The zero-order chi connectivity index (χ0) is 16.1. The lowest BCUT2D eigenvalue weighted by molar-refractivity contribution is -0.121. The lowest BCUT2D eigenvalue weighted by Gasteiger charge is -2.32. The van der Waals surface area contributed by atoms with E-state index in [9.17, 15) is 4.79 Å². The number of likely N-dealkylation sites (tertiary alicyclic amines) is 1. The van der Waals surface area contributed by atoms with Crippen LogP contribution in [0.15, 0.2) is 18.2 Å². The first-order chi connectivity index (χ1) is 10.5. The third kappa shape index (κ3) is 4.85. The zero-order valence-corrected chi connectivity index (χ0v) is 14.5. The Kier molecular flexibility index (Phi) is 6.03. The predicted molar refractivity (Wildman–Crippen MR) is 92.4 cm³/mol. The lowest BCUT2D eigenvalue weighted by Crippen LogP contribution is -2.47. The van der Waals surface area contributed by atoms with Crippen LogP contribution in [0.25, 0.3) is 0 Å². The standard InChI is InChI=1S/C16H21ClN2O2S/c1-11-5-7-19(8-6-11)16(22)18-15(20)10-21-14-4-3-13(17)9-12(14)2/h3-4,9,11H,5-8,10H2,1-2H3,(H,18,20,22). The average molecular weight is 341 g/mol. The Bertz CT molecular complexity index is 557. The Labute approximate surface area is 141 Å². The van der Waals surface area contributed by atoms with E-state index < -0.39 is 0 Å². The van der Waals surface area contributed by atoms with Crippen LogP contribution in [0.4, 0.5) is 0 Å². The number of amides is 1. The summed E-state index contributed by atoms with van der Waals surface area (Å²) in [5.41, 5.74) is 0.896. The number of benzene rings is 1. The van der Waals surface area contributed by atoms with Crippen LogP contribution in [0.2, 0.25) is 5.02 Å². The molecule has 0 unspecified atom stereocenters. The molecule has 1 aliphatic heterocycles. The van der Waals surface area contributed by atoms with Gasteiger partial charge >= 0.3 is 0 Å². The van der Waals surface area contributed by atoms with Gasteiger partial charge in [-0.25, -0.2) is 0 Å². The lowest BCUT2D eigenvalue weighted by atomic mass is 10.00. The molecule has 1 heterocycles. The molecule has 0 atom stereocenters. The van der Waals surface area contributed by atoms with Crippen molar-refractivity contribution in [2.24, 2.45) is 5.92 Å². The summed E-state index contributed by atoms with van der Waals surface area (Å²) in [6.45, 7) is 5.86. The van der Waals surface area contributed by atoms with Gasteiger partial charge in [0.25, 0.3) is 5.91 Å². The van der Waals surface area contributed by atoms with Gasteiger partial charge in [0.2, 0.25) is 0 Å². The Morgan fingerprint density at radius 2 is 2.14 bits per heavy atom. The number of rotatable bonds is 3. The molecule has 1 amide bonds. The SMILES string of the molecule is Cc1cc(Cl)ccc1OCC(=O)NC(=S)N1CCC(C)CC1. The number of hydrogen-bond donors (Lipinski definition) is 1. The number of thiocarbonyl (C=S) groups is 1. The van der Waals surface area contributed by atoms with Crippen LogP contribution in [-0.2, 0) is 4.79 Å². The molecule has 6 heteroatoms. The summed E-state index contributed by atoms with van der Waals surface area (Å²) < 4.78 is 5.51. The number of carbonyl (C=O) groups excluding carboxylic acids is 1. The summed E-state index contributed by atoms with van der Waals surface area (Å²) in [7, 11) is 0. The highest BCUT2D eigenvalue weighted by Crippen LogP contribution is 2.21. The van der Waals surface area contributed by atoms with E-state index in [1.165, 1.54) is 0 Å². The second kappa shape index (κ2) is 7.79. The van der Waals surface area contributed by atoms with Crippen LogP contribution < -0.4 is 10.1 Å². The van der Waals surface area contributed by atoms with Gasteiger partial charge in [-0.05, 0) is 61.7 Å². The van der Waals surface area contributed by atoms with E-state index in [0.717, 1.165) is 37.4 Å². The van der Waals surface area contributed by atoms with Gasteiger partial charge in [-0.2, -0.15) is 0 Å². The maximum absolute atomic E-state index is 11.9. The molecule has 0 aliphatic carbocycles. The molecule has 2 rings (SSSR count). The van der Waals surface area contributed by atoms with Crippen LogP contribution in [0, 0.1) is 12.8 Å². The molecule has 120 valence electrons. The maximum Gasteiger partial charge on any atom is 0.264 e. The van der Waals surface area contributed by atoms with Crippen molar-refractivity contribution in [2.75, 3.05) is 19.7 Å². The first kappa shape index (κ1) is 17.0. The molecule has 1 saturated heterocycles. The molecule has 1 aromatic carbocycles. The number of hydrogen-bond acceptors (Lipinski definition) is 3. The summed E-state index contributed by atoms with van der Waals surface area (Å²) in [5.74, 6) is 1.14. The van der Waals surface area contributed by atoms with Crippen molar-refractivity contribution in [2.45, 2.75) is 26.7 Å². The zero-order valence-electron chi connectivity index (χ0n) is 12.9. The van der Waals surface area contributed by atoms with Gasteiger partial charge in [-0.3, -0.25) is 4.79 Å². The molecule has 0 saturated carbocycles. The number of carbonyl (C=O) groups is 1. The molecule has 4 nitrogen and oxygen atoms in total. The summed E-state index contributed by atoms with van der Waals surface area (Å²) in [6.07, 6.45) is 2.22. The summed E-state index contributed by atoms with van der Waals surface area (Å²) >= 11 is 11.2. The van der Waals surface area contributed by atoms with Crippen LogP contribution >= 0.6 is 23.8 Å². The van der Waals surface area contributed by atoms with Gasteiger partial charge in [0.1, 0.15) is 5.75 Å². The van der Waals surface area contributed by atoms with Crippen molar-refractivity contribution in [3.8, 4) is 5.75 Å². The number of piperidine rings is 1. The molecule has 1 aromatic rings. The molecule has 0 aromatic heterocycles. The minimum absolute atomic E-state index is 0.0626. The van der Waals surface area contributed by atoms with Crippen LogP contribution in [-0.4, -0.2) is 35.6 Å². The number of nitrogens with one attached hydrogen (secondary N) is 1. The van der Waals surface area contributed by atoms with E-state index in [-0.39, 0.29) is 12.5 Å². The Hall–Kier alpha value is -1.33. The summed E-state index contributed by atoms with van der Waals surface area (Å²) in [5, 5.41) is 3.87. The van der Waals surface area contributed by atoms with Crippen LogP contribution in [0.3, 0.4) is 0 Å². The van der Waals surface area contributed by atoms with Crippen molar-refractivity contribution in [1.82, 2.24) is 10.2 Å². The topological polar surface area (TPSA) is 41.6 Å². The third-order valence-corrected chi connectivity index (χ3v) is 4.41. The van der Waals surface area contributed by atoms with Gasteiger partial charge in [-0.1, -0.05) is 18.5 Å². The maximum atomic E-state index is 11.9. The Morgan fingerprint density at radius 3 is 2.77 bits per heavy atom. The first-order valence-electron chi connectivity index (χ1n) is 7.43. The Morgan fingerprint density at radius 1 is 1.45 bits per heavy atom. The van der Waals surface area contributed by atoms with Crippen molar-refractivity contribution < 1.29 is 9.53 Å². The second-order valence-electron chi connectivity index (χ2n) is 5.72. The fourth-order valence-electron chi connectivity index (χ4n) is 2.36. The number of nitrogens with zero attached hydrogens (tertiary/aromatic N) is 1. The van der Waals surface area contributed by atoms with E-state index in [1.54, 1.807) is 18.2 Å². The van der Waals surface area contributed by atoms with E-state index in [0.29, 0.717) is 15.9 Å². The van der Waals surface area contributed by atoms with Crippen molar-refractivity contribution in [3.63, 3.8) is 0 Å². The van der Waals surface area contributed by atoms with Crippen molar-refractivity contribution in [3.05, 3.63) is 28.8 Å². The first-order valence-corrected chi connectivity index (χ1v) is 8.22. The second-order valence-corrected chi connectivity index (χ2v) is 6.54. The van der Waals surface area contributed by atoms with Gasteiger partial charge in [0, 0.05) is 18.1 Å². The van der Waals surface area contributed by atoms with Crippen molar-refractivity contribution in [1.29, 1.82) is 0 Å². The molecule has 1 fully saturated rings. The van der Waals surface area contributed by atoms with Gasteiger partial charge in [0.05, 0.1) is 0 Å². The average Bonchev–Trinajstić information content (AvgIpc) is 2.47. The molecule has 22 heavy (non-hydrogen) atoms. The quantitative estimate of drug-likeness (QED) is 0.858. The monoisotopic (exact) mass is 340 g/mol. The van der Waals surface area contributed by atoms with E-state index in [4.69, 9.17) is 28.6 Å². The van der Waals surface area contributed by atoms with Crippen LogP contribution in [0.1, 0.15) is 25.3 Å². The highest BCUT2D eigenvalue weighted by atomic mass is 35.5. The minimum Gasteiger partial charge on any atom is -0.483 e. The number of aryl methyl sites for hydroxylation is 1. The molecule has 1 N–H and O–H groups in total.